The van der Waals surface area contributed by atoms with Gasteiger partial charge < -0.3 is 15.0 Å². The third-order valence-electron chi connectivity index (χ3n) is 3.60. The molecule has 0 aliphatic carbocycles. The summed E-state index contributed by atoms with van der Waals surface area (Å²) in [6, 6.07) is 7.25. The molecule has 110 valence electrons. The molecule has 4 heteroatoms. The number of carbonyl (C=O) groups excluding carboxylic acids is 1. The van der Waals surface area contributed by atoms with Crippen LogP contribution in [0, 0.1) is 0 Å². The molecule has 1 heterocycles. The van der Waals surface area contributed by atoms with Crippen molar-refractivity contribution in [1.82, 2.24) is 10.2 Å². The second-order valence-corrected chi connectivity index (χ2v) is 6.05. The molecular formula is C16H24N2O2. The van der Waals surface area contributed by atoms with E-state index in [1.54, 1.807) is 13.2 Å². The lowest BCUT2D eigenvalue weighted by atomic mass is 10.0. The standard InChI is InChI=1S/C16H24N2O2/c1-16(2,12-18-9-4-5-10-18)17-15(19)13-7-6-8-14(11-13)20-3/h6-8,11H,4-5,9-10,12H2,1-3H3,(H,17,19). The van der Waals surface area contributed by atoms with Gasteiger partial charge >= 0.3 is 0 Å². The molecule has 2 rings (SSSR count). The van der Waals surface area contributed by atoms with Gasteiger partial charge in [0.1, 0.15) is 5.75 Å². The smallest absolute Gasteiger partial charge is 0.251 e. The molecule has 0 atom stereocenters. The lowest BCUT2D eigenvalue weighted by Gasteiger charge is -2.31. The molecule has 1 aromatic carbocycles. The van der Waals surface area contributed by atoms with Gasteiger partial charge in [-0.2, -0.15) is 0 Å². The van der Waals surface area contributed by atoms with Gasteiger partial charge in [0.2, 0.25) is 0 Å². The summed E-state index contributed by atoms with van der Waals surface area (Å²) in [5.74, 6) is 0.656. The fourth-order valence-electron chi connectivity index (χ4n) is 2.68. The van der Waals surface area contributed by atoms with E-state index in [2.05, 4.69) is 24.1 Å². The molecule has 1 saturated heterocycles. The molecular weight excluding hydrogens is 252 g/mol. The Morgan fingerprint density at radius 3 is 2.70 bits per heavy atom. The van der Waals surface area contributed by atoms with Crippen molar-refractivity contribution < 1.29 is 9.53 Å². The quantitative estimate of drug-likeness (QED) is 0.897. The number of rotatable bonds is 5. The maximum absolute atomic E-state index is 12.3. The minimum atomic E-state index is -0.232. The van der Waals surface area contributed by atoms with Crippen molar-refractivity contribution in [3.05, 3.63) is 29.8 Å². The highest BCUT2D eigenvalue weighted by Gasteiger charge is 2.25. The molecule has 4 nitrogen and oxygen atoms in total. The Balaban J connectivity index is 1.97. The SMILES string of the molecule is COc1cccc(C(=O)NC(C)(C)CN2CCCC2)c1. The molecule has 1 fully saturated rings. The van der Waals surface area contributed by atoms with Gasteiger partial charge in [0.15, 0.2) is 0 Å². The summed E-state index contributed by atoms with van der Waals surface area (Å²) >= 11 is 0. The first kappa shape index (κ1) is 14.9. The molecule has 0 saturated carbocycles. The van der Waals surface area contributed by atoms with Crippen LogP contribution in [-0.2, 0) is 0 Å². The maximum atomic E-state index is 12.3. The van der Waals surface area contributed by atoms with E-state index >= 15 is 0 Å². The van der Waals surface area contributed by atoms with Crippen LogP contribution in [0.25, 0.3) is 0 Å². The number of nitrogens with zero attached hydrogens (tertiary/aromatic N) is 1. The van der Waals surface area contributed by atoms with Crippen LogP contribution in [0.1, 0.15) is 37.0 Å². The van der Waals surface area contributed by atoms with Crippen molar-refractivity contribution >= 4 is 5.91 Å². The van der Waals surface area contributed by atoms with Crippen molar-refractivity contribution in [3.8, 4) is 5.75 Å². The van der Waals surface area contributed by atoms with Gasteiger partial charge in [0, 0.05) is 17.6 Å². The summed E-state index contributed by atoms with van der Waals surface area (Å²) in [6.45, 7) is 7.31. The number of hydrogen-bond donors (Lipinski definition) is 1. The molecule has 0 aromatic heterocycles. The van der Waals surface area contributed by atoms with Gasteiger partial charge in [-0.05, 0) is 58.0 Å². The first-order valence-corrected chi connectivity index (χ1v) is 7.19. The summed E-state index contributed by atoms with van der Waals surface area (Å²) in [6.07, 6.45) is 2.53. The molecule has 0 radical (unpaired) electrons. The second kappa shape index (κ2) is 6.27. The maximum Gasteiger partial charge on any atom is 0.251 e. The molecule has 0 spiro atoms. The lowest BCUT2D eigenvalue weighted by Crippen LogP contribution is -2.50. The Kier molecular flexibility index (Phi) is 4.65. The number of methoxy groups -OCH3 is 1. The molecule has 1 aliphatic rings. The van der Waals surface area contributed by atoms with Crippen molar-refractivity contribution in [1.29, 1.82) is 0 Å². The Morgan fingerprint density at radius 2 is 2.05 bits per heavy atom. The summed E-state index contributed by atoms with van der Waals surface area (Å²) in [4.78, 5) is 14.7. The first-order valence-electron chi connectivity index (χ1n) is 7.19. The van der Waals surface area contributed by atoms with Crippen molar-refractivity contribution in [2.24, 2.45) is 0 Å². The monoisotopic (exact) mass is 276 g/mol. The Morgan fingerprint density at radius 1 is 1.35 bits per heavy atom. The summed E-state index contributed by atoms with van der Waals surface area (Å²) < 4.78 is 5.15. The highest BCUT2D eigenvalue weighted by Crippen LogP contribution is 2.16. The van der Waals surface area contributed by atoms with E-state index in [0.29, 0.717) is 11.3 Å². The summed E-state index contributed by atoms with van der Waals surface area (Å²) in [7, 11) is 1.61. The highest BCUT2D eigenvalue weighted by molar-refractivity contribution is 5.95. The molecule has 0 unspecified atom stereocenters. The number of carbonyl (C=O) groups is 1. The number of likely N-dealkylation sites (tertiary alicyclic amines) is 1. The van der Waals surface area contributed by atoms with Gasteiger partial charge in [0.25, 0.3) is 5.91 Å². The topological polar surface area (TPSA) is 41.6 Å². The van der Waals surface area contributed by atoms with Crippen LogP contribution in [0.15, 0.2) is 24.3 Å². The molecule has 1 aliphatic heterocycles. The van der Waals surface area contributed by atoms with Crippen LogP contribution in [0.2, 0.25) is 0 Å². The van der Waals surface area contributed by atoms with Crippen LogP contribution < -0.4 is 10.1 Å². The van der Waals surface area contributed by atoms with Crippen LogP contribution in [0.5, 0.6) is 5.75 Å². The van der Waals surface area contributed by atoms with Crippen molar-refractivity contribution in [2.45, 2.75) is 32.2 Å². The zero-order chi connectivity index (χ0) is 14.6. The van der Waals surface area contributed by atoms with Crippen molar-refractivity contribution in [2.75, 3.05) is 26.7 Å². The van der Waals surface area contributed by atoms with E-state index < -0.39 is 0 Å². The van der Waals surface area contributed by atoms with Gasteiger partial charge in [-0.1, -0.05) is 6.07 Å². The Bertz CT molecular complexity index is 465. The predicted molar refractivity (Wildman–Crippen MR) is 80.2 cm³/mol. The van der Waals surface area contributed by atoms with Gasteiger partial charge in [-0.15, -0.1) is 0 Å². The van der Waals surface area contributed by atoms with Crippen LogP contribution in [0.4, 0.5) is 0 Å². The predicted octanol–water partition coefficient (Wildman–Crippen LogP) is 2.30. The highest BCUT2D eigenvalue weighted by atomic mass is 16.5. The minimum absolute atomic E-state index is 0.0481. The Labute approximate surface area is 121 Å². The van der Waals surface area contributed by atoms with E-state index in [1.807, 2.05) is 18.2 Å². The van der Waals surface area contributed by atoms with Crippen molar-refractivity contribution in [3.63, 3.8) is 0 Å². The van der Waals surface area contributed by atoms with E-state index in [1.165, 1.54) is 12.8 Å². The minimum Gasteiger partial charge on any atom is -0.497 e. The molecule has 1 amide bonds. The first-order chi connectivity index (χ1) is 9.50. The zero-order valence-corrected chi connectivity index (χ0v) is 12.6. The molecule has 20 heavy (non-hydrogen) atoms. The summed E-state index contributed by atoms with van der Waals surface area (Å²) in [5.41, 5.74) is 0.406. The molecule has 0 bridgehead atoms. The number of nitrogens with one attached hydrogen (secondary N) is 1. The van der Waals surface area contributed by atoms with Gasteiger partial charge in [-0.25, -0.2) is 0 Å². The third kappa shape index (κ3) is 3.97. The molecule has 1 aromatic rings. The fraction of sp³-hybridized carbons (Fsp3) is 0.562. The third-order valence-corrected chi connectivity index (χ3v) is 3.60. The van der Waals surface area contributed by atoms with Crippen LogP contribution >= 0.6 is 0 Å². The molecule has 1 N–H and O–H groups in total. The average Bonchev–Trinajstić information content (AvgIpc) is 2.90. The van der Waals surface area contributed by atoms with Crippen LogP contribution in [0.3, 0.4) is 0 Å². The lowest BCUT2D eigenvalue weighted by molar-refractivity contribution is 0.0893. The van der Waals surface area contributed by atoms with E-state index in [0.717, 1.165) is 19.6 Å². The zero-order valence-electron chi connectivity index (χ0n) is 12.6. The number of amides is 1. The van der Waals surface area contributed by atoms with Gasteiger partial charge in [0.05, 0.1) is 7.11 Å². The normalized spacial score (nSPS) is 16.1. The summed E-state index contributed by atoms with van der Waals surface area (Å²) in [5, 5.41) is 3.11. The average molecular weight is 276 g/mol. The van der Waals surface area contributed by atoms with E-state index in [9.17, 15) is 4.79 Å². The number of benzene rings is 1. The number of ether oxygens (including phenoxy) is 1. The van der Waals surface area contributed by atoms with E-state index in [-0.39, 0.29) is 11.4 Å². The fourth-order valence-corrected chi connectivity index (χ4v) is 2.68. The van der Waals surface area contributed by atoms with Gasteiger partial charge in [-0.3, -0.25) is 4.79 Å². The number of hydrogen-bond acceptors (Lipinski definition) is 3. The Hall–Kier alpha value is -1.55. The largest absolute Gasteiger partial charge is 0.497 e. The van der Waals surface area contributed by atoms with E-state index in [4.69, 9.17) is 4.74 Å². The second-order valence-electron chi connectivity index (χ2n) is 6.05. The van der Waals surface area contributed by atoms with Crippen LogP contribution in [-0.4, -0.2) is 43.1 Å².